The van der Waals surface area contributed by atoms with Gasteiger partial charge in [-0.05, 0) is 25.0 Å². The molecule has 2 N–H and O–H groups in total. The summed E-state index contributed by atoms with van der Waals surface area (Å²) in [5.41, 5.74) is -0.954. The van der Waals surface area contributed by atoms with Crippen molar-refractivity contribution in [1.82, 2.24) is 5.32 Å². The van der Waals surface area contributed by atoms with Crippen molar-refractivity contribution in [2.45, 2.75) is 12.8 Å². The van der Waals surface area contributed by atoms with E-state index in [1.54, 1.807) is 31.4 Å². The molecule has 1 aliphatic rings. The molecule has 0 aliphatic carbocycles. The van der Waals surface area contributed by atoms with Crippen molar-refractivity contribution < 1.29 is 28.9 Å². The smallest absolute Gasteiger partial charge is 0.311 e. The number of amides is 1. The highest BCUT2D eigenvalue weighted by Gasteiger charge is 2.40. The number of aliphatic carboxylic acids is 1. The van der Waals surface area contributed by atoms with Gasteiger partial charge in [0.15, 0.2) is 6.61 Å². The topological polar surface area (TPSA) is 94.1 Å². The molecule has 1 aromatic rings. The largest absolute Gasteiger partial charge is 0.497 e. The fourth-order valence-electron chi connectivity index (χ4n) is 2.39. The lowest BCUT2D eigenvalue weighted by Crippen LogP contribution is -2.47. The predicted molar refractivity (Wildman–Crippen MR) is 81.6 cm³/mol. The van der Waals surface area contributed by atoms with E-state index in [2.05, 4.69) is 5.32 Å². The van der Waals surface area contributed by atoms with E-state index in [1.807, 2.05) is 0 Å². The number of benzene rings is 1. The maximum absolute atomic E-state index is 11.9. The number of carbonyl (C=O) groups excluding carboxylic acids is 1. The Labute approximate surface area is 134 Å². The summed E-state index contributed by atoms with van der Waals surface area (Å²) in [6.07, 6.45) is 0.776. The fourth-order valence-corrected chi connectivity index (χ4v) is 2.39. The first-order chi connectivity index (χ1) is 11.1. The summed E-state index contributed by atoms with van der Waals surface area (Å²) in [6.45, 7) is 0.677. The van der Waals surface area contributed by atoms with E-state index >= 15 is 0 Å². The monoisotopic (exact) mass is 323 g/mol. The van der Waals surface area contributed by atoms with Gasteiger partial charge in [0.05, 0.1) is 12.5 Å². The van der Waals surface area contributed by atoms with E-state index in [0.29, 0.717) is 37.6 Å². The normalized spacial score (nSPS) is 16.4. The lowest BCUT2D eigenvalue weighted by molar-refractivity contribution is -0.154. The first-order valence-corrected chi connectivity index (χ1v) is 7.40. The van der Waals surface area contributed by atoms with Gasteiger partial charge in [-0.2, -0.15) is 0 Å². The molecular weight excluding hydrogens is 302 g/mol. The first kappa shape index (κ1) is 17.1. The van der Waals surface area contributed by atoms with Crippen molar-refractivity contribution in [3.8, 4) is 11.5 Å². The Morgan fingerprint density at radius 2 is 2.00 bits per heavy atom. The molecule has 0 saturated carbocycles. The van der Waals surface area contributed by atoms with Gasteiger partial charge in [-0.1, -0.05) is 6.07 Å². The van der Waals surface area contributed by atoms with E-state index in [0.717, 1.165) is 0 Å². The molecule has 0 aromatic heterocycles. The molecule has 0 atom stereocenters. The van der Waals surface area contributed by atoms with Crippen LogP contribution in [-0.4, -0.2) is 50.5 Å². The maximum atomic E-state index is 11.9. The van der Waals surface area contributed by atoms with Gasteiger partial charge in [-0.15, -0.1) is 0 Å². The van der Waals surface area contributed by atoms with Crippen molar-refractivity contribution in [1.29, 1.82) is 0 Å². The van der Waals surface area contributed by atoms with Crippen LogP contribution < -0.4 is 14.8 Å². The minimum Gasteiger partial charge on any atom is -0.497 e. The van der Waals surface area contributed by atoms with Crippen LogP contribution >= 0.6 is 0 Å². The lowest BCUT2D eigenvalue weighted by Gasteiger charge is -2.33. The molecule has 1 fully saturated rings. The van der Waals surface area contributed by atoms with E-state index in [9.17, 15) is 14.7 Å². The number of methoxy groups -OCH3 is 1. The Bertz CT molecular complexity index is 553. The second-order valence-corrected chi connectivity index (χ2v) is 5.44. The molecule has 2 rings (SSSR count). The highest BCUT2D eigenvalue weighted by Crippen LogP contribution is 2.30. The summed E-state index contributed by atoms with van der Waals surface area (Å²) in [5, 5.41) is 12.1. The molecule has 23 heavy (non-hydrogen) atoms. The highest BCUT2D eigenvalue weighted by atomic mass is 16.5. The van der Waals surface area contributed by atoms with Crippen LogP contribution in [0.1, 0.15) is 12.8 Å². The molecule has 1 aliphatic heterocycles. The van der Waals surface area contributed by atoms with E-state index in [4.69, 9.17) is 14.2 Å². The van der Waals surface area contributed by atoms with Crippen molar-refractivity contribution in [2.24, 2.45) is 5.41 Å². The van der Waals surface area contributed by atoms with Gasteiger partial charge >= 0.3 is 5.97 Å². The third kappa shape index (κ3) is 4.59. The summed E-state index contributed by atoms with van der Waals surface area (Å²) in [4.78, 5) is 23.4. The summed E-state index contributed by atoms with van der Waals surface area (Å²) in [6, 6.07) is 6.92. The average Bonchev–Trinajstić information content (AvgIpc) is 2.59. The number of ether oxygens (including phenoxy) is 3. The van der Waals surface area contributed by atoms with Crippen LogP contribution in [0, 0.1) is 5.41 Å². The number of hydrogen-bond acceptors (Lipinski definition) is 5. The minimum atomic E-state index is -0.954. The van der Waals surface area contributed by atoms with E-state index in [-0.39, 0.29) is 19.1 Å². The third-order valence-corrected chi connectivity index (χ3v) is 3.94. The Morgan fingerprint density at radius 3 is 2.65 bits per heavy atom. The summed E-state index contributed by atoms with van der Waals surface area (Å²) >= 11 is 0. The van der Waals surface area contributed by atoms with Crippen molar-refractivity contribution in [3.05, 3.63) is 24.3 Å². The number of nitrogens with one attached hydrogen (secondary N) is 1. The minimum absolute atomic E-state index is 0.0754. The third-order valence-electron chi connectivity index (χ3n) is 3.94. The van der Waals surface area contributed by atoms with Gasteiger partial charge in [0.2, 0.25) is 0 Å². The number of carboxylic acid groups (broad SMARTS) is 1. The number of hydrogen-bond donors (Lipinski definition) is 2. The van der Waals surface area contributed by atoms with Crippen LogP contribution in [0.25, 0.3) is 0 Å². The Balaban J connectivity index is 1.83. The summed E-state index contributed by atoms with van der Waals surface area (Å²) < 4.78 is 15.6. The summed E-state index contributed by atoms with van der Waals surface area (Å²) in [5.74, 6) is -0.122. The van der Waals surface area contributed by atoms with Crippen LogP contribution in [-0.2, 0) is 14.3 Å². The molecule has 1 saturated heterocycles. The second-order valence-electron chi connectivity index (χ2n) is 5.44. The molecule has 0 unspecified atom stereocenters. The number of carboxylic acids is 1. The van der Waals surface area contributed by atoms with Crippen LogP contribution in [0.2, 0.25) is 0 Å². The standard InChI is InChI=1S/C16H21NO6/c1-21-12-3-2-4-13(9-12)23-10-14(18)17-11-16(15(19)20)5-7-22-8-6-16/h2-4,9H,5-8,10-11H2,1H3,(H,17,18)(H,19,20). The molecule has 1 aromatic carbocycles. The maximum Gasteiger partial charge on any atom is 0.311 e. The molecule has 7 heteroatoms. The Morgan fingerprint density at radius 1 is 1.30 bits per heavy atom. The molecular formula is C16H21NO6. The van der Waals surface area contributed by atoms with Crippen LogP contribution in [0.5, 0.6) is 11.5 Å². The van der Waals surface area contributed by atoms with Gasteiger partial charge in [0, 0.05) is 25.8 Å². The van der Waals surface area contributed by atoms with Crippen molar-refractivity contribution in [3.63, 3.8) is 0 Å². The van der Waals surface area contributed by atoms with E-state index in [1.165, 1.54) is 0 Å². The SMILES string of the molecule is COc1cccc(OCC(=O)NCC2(C(=O)O)CCOCC2)c1. The van der Waals surface area contributed by atoms with Gasteiger partial charge in [0.1, 0.15) is 11.5 Å². The van der Waals surface area contributed by atoms with Crippen LogP contribution in [0.3, 0.4) is 0 Å². The molecule has 1 heterocycles. The quantitative estimate of drug-likeness (QED) is 0.779. The first-order valence-electron chi connectivity index (χ1n) is 7.40. The summed E-state index contributed by atoms with van der Waals surface area (Å²) in [7, 11) is 1.55. The van der Waals surface area contributed by atoms with Gasteiger partial charge in [0.25, 0.3) is 5.91 Å². The van der Waals surface area contributed by atoms with E-state index < -0.39 is 11.4 Å². The second kappa shape index (κ2) is 7.82. The number of carbonyl (C=O) groups is 2. The Kier molecular flexibility index (Phi) is 5.81. The van der Waals surface area contributed by atoms with Crippen molar-refractivity contribution >= 4 is 11.9 Å². The average molecular weight is 323 g/mol. The number of rotatable bonds is 7. The Hall–Kier alpha value is -2.28. The fraction of sp³-hybridized carbons (Fsp3) is 0.500. The van der Waals surface area contributed by atoms with Crippen molar-refractivity contribution in [2.75, 3.05) is 33.5 Å². The van der Waals surface area contributed by atoms with Gasteiger partial charge < -0.3 is 24.6 Å². The molecule has 0 radical (unpaired) electrons. The molecule has 0 spiro atoms. The highest BCUT2D eigenvalue weighted by molar-refractivity contribution is 5.80. The molecule has 0 bridgehead atoms. The lowest BCUT2D eigenvalue weighted by atomic mass is 9.80. The molecule has 126 valence electrons. The zero-order valence-electron chi connectivity index (χ0n) is 13.0. The van der Waals surface area contributed by atoms with Crippen LogP contribution in [0.15, 0.2) is 24.3 Å². The molecule has 1 amide bonds. The van der Waals surface area contributed by atoms with Crippen LogP contribution in [0.4, 0.5) is 0 Å². The van der Waals surface area contributed by atoms with Gasteiger partial charge in [-0.3, -0.25) is 9.59 Å². The zero-order valence-corrected chi connectivity index (χ0v) is 13.0. The molecule has 7 nitrogen and oxygen atoms in total. The van der Waals surface area contributed by atoms with Gasteiger partial charge in [-0.25, -0.2) is 0 Å². The zero-order chi connectivity index (χ0) is 16.7. The predicted octanol–water partition coefficient (Wildman–Crippen LogP) is 1.07.